The number of carbonyl (C=O) groups excluding carboxylic acids is 2. The van der Waals surface area contributed by atoms with Crippen molar-refractivity contribution < 1.29 is 19.1 Å². The fourth-order valence-corrected chi connectivity index (χ4v) is 2.25. The predicted octanol–water partition coefficient (Wildman–Crippen LogP) is 2.16. The summed E-state index contributed by atoms with van der Waals surface area (Å²) < 4.78 is 10.5. The summed E-state index contributed by atoms with van der Waals surface area (Å²) in [6, 6.07) is 12.2. The summed E-state index contributed by atoms with van der Waals surface area (Å²) in [7, 11) is 0. The third kappa shape index (κ3) is 4.30. The Balaban J connectivity index is 1.53. The van der Waals surface area contributed by atoms with Crippen molar-refractivity contribution in [3.8, 4) is 23.3 Å². The molecule has 126 valence electrons. The van der Waals surface area contributed by atoms with Crippen molar-refractivity contribution >= 4 is 17.5 Å². The minimum atomic E-state index is -0.228. The van der Waals surface area contributed by atoms with Gasteiger partial charge in [-0.15, -0.1) is 0 Å². The second-order valence-electron chi connectivity index (χ2n) is 5.31. The Labute approximate surface area is 145 Å². The van der Waals surface area contributed by atoms with Crippen LogP contribution in [0, 0.1) is 11.8 Å². The molecule has 1 aliphatic heterocycles. The van der Waals surface area contributed by atoms with Crippen LogP contribution in [-0.2, 0) is 4.79 Å². The standard InChI is InChI=1S/C19H16N2O4/c1-13(22)21-16-7-4-14(5-8-16)3-2-10-20-19(23)15-6-9-17-18(11-15)25-12-24-17/h4-9,11H,10,12H2,1H3,(H,20,23)(H,21,22). The van der Waals surface area contributed by atoms with Crippen LogP contribution in [0.25, 0.3) is 0 Å². The topological polar surface area (TPSA) is 76.7 Å². The molecule has 1 aliphatic rings. The average molecular weight is 336 g/mol. The highest BCUT2D eigenvalue weighted by molar-refractivity contribution is 5.95. The van der Waals surface area contributed by atoms with Gasteiger partial charge in [-0.3, -0.25) is 9.59 Å². The van der Waals surface area contributed by atoms with Crippen molar-refractivity contribution in [1.29, 1.82) is 0 Å². The quantitative estimate of drug-likeness (QED) is 0.842. The Morgan fingerprint density at radius 3 is 2.60 bits per heavy atom. The molecule has 3 rings (SSSR count). The Morgan fingerprint density at radius 2 is 1.84 bits per heavy atom. The first-order chi connectivity index (χ1) is 12.1. The smallest absolute Gasteiger partial charge is 0.252 e. The van der Waals surface area contributed by atoms with Gasteiger partial charge in [0, 0.05) is 23.7 Å². The predicted molar refractivity (Wildman–Crippen MR) is 92.5 cm³/mol. The van der Waals surface area contributed by atoms with Gasteiger partial charge in [-0.25, -0.2) is 0 Å². The van der Waals surface area contributed by atoms with Crippen molar-refractivity contribution in [2.45, 2.75) is 6.92 Å². The second kappa shape index (κ2) is 7.41. The second-order valence-corrected chi connectivity index (χ2v) is 5.31. The molecule has 0 spiro atoms. The van der Waals surface area contributed by atoms with Crippen LogP contribution in [-0.4, -0.2) is 25.2 Å². The molecule has 1 heterocycles. The number of carbonyl (C=O) groups is 2. The summed E-state index contributed by atoms with van der Waals surface area (Å²) in [5.74, 6) is 6.70. The van der Waals surface area contributed by atoms with E-state index in [9.17, 15) is 9.59 Å². The average Bonchev–Trinajstić information content (AvgIpc) is 3.07. The van der Waals surface area contributed by atoms with Crippen LogP contribution < -0.4 is 20.1 Å². The fourth-order valence-electron chi connectivity index (χ4n) is 2.25. The third-order valence-electron chi connectivity index (χ3n) is 3.41. The molecular formula is C19H16N2O4. The van der Waals surface area contributed by atoms with Crippen LogP contribution in [0.15, 0.2) is 42.5 Å². The van der Waals surface area contributed by atoms with Crippen LogP contribution >= 0.6 is 0 Å². The lowest BCUT2D eigenvalue weighted by molar-refractivity contribution is -0.114. The van der Waals surface area contributed by atoms with Crippen LogP contribution in [0.5, 0.6) is 11.5 Å². The first-order valence-electron chi connectivity index (χ1n) is 7.66. The largest absolute Gasteiger partial charge is 0.454 e. The van der Waals surface area contributed by atoms with Crippen molar-refractivity contribution in [2.75, 3.05) is 18.7 Å². The molecule has 0 bridgehead atoms. The van der Waals surface area contributed by atoms with Gasteiger partial charge in [-0.05, 0) is 42.5 Å². The van der Waals surface area contributed by atoms with Crippen molar-refractivity contribution in [3.63, 3.8) is 0 Å². The zero-order valence-corrected chi connectivity index (χ0v) is 13.6. The number of hydrogen-bond acceptors (Lipinski definition) is 4. The van der Waals surface area contributed by atoms with Crippen LogP contribution in [0.1, 0.15) is 22.8 Å². The number of anilines is 1. The molecule has 0 radical (unpaired) electrons. The Morgan fingerprint density at radius 1 is 1.08 bits per heavy atom. The lowest BCUT2D eigenvalue weighted by Crippen LogP contribution is -2.23. The summed E-state index contributed by atoms with van der Waals surface area (Å²) in [4.78, 5) is 23.0. The summed E-state index contributed by atoms with van der Waals surface area (Å²) in [5, 5.41) is 5.42. The van der Waals surface area contributed by atoms with E-state index < -0.39 is 0 Å². The number of amides is 2. The molecule has 0 unspecified atom stereocenters. The molecule has 0 atom stereocenters. The molecule has 0 aliphatic carbocycles. The molecule has 2 amide bonds. The van der Waals surface area contributed by atoms with Crippen molar-refractivity contribution in [3.05, 3.63) is 53.6 Å². The van der Waals surface area contributed by atoms with E-state index in [4.69, 9.17) is 9.47 Å². The third-order valence-corrected chi connectivity index (χ3v) is 3.41. The van der Waals surface area contributed by atoms with E-state index >= 15 is 0 Å². The zero-order chi connectivity index (χ0) is 17.6. The van der Waals surface area contributed by atoms with Gasteiger partial charge in [0.25, 0.3) is 5.91 Å². The van der Waals surface area contributed by atoms with E-state index in [-0.39, 0.29) is 25.2 Å². The van der Waals surface area contributed by atoms with Crippen LogP contribution in [0.2, 0.25) is 0 Å². The van der Waals surface area contributed by atoms with E-state index in [1.165, 1.54) is 6.92 Å². The first-order valence-corrected chi connectivity index (χ1v) is 7.66. The maximum absolute atomic E-state index is 12.1. The Bertz CT molecular complexity index is 863. The number of hydrogen-bond donors (Lipinski definition) is 2. The highest BCUT2D eigenvalue weighted by atomic mass is 16.7. The monoisotopic (exact) mass is 336 g/mol. The molecule has 2 aromatic rings. The Kier molecular flexibility index (Phi) is 4.86. The number of benzene rings is 2. The molecular weight excluding hydrogens is 320 g/mol. The minimum absolute atomic E-state index is 0.120. The van der Waals surface area contributed by atoms with E-state index in [0.717, 1.165) is 5.56 Å². The van der Waals surface area contributed by atoms with Crippen molar-refractivity contribution in [2.24, 2.45) is 0 Å². The summed E-state index contributed by atoms with van der Waals surface area (Å²) >= 11 is 0. The van der Waals surface area contributed by atoms with E-state index in [1.54, 1.807) is 42.5 Å². The molecule has 25 heavy (non-hydrogen) atoms. The van der Waals surface area contributed by atoms with Gasteiger partial charge in [-0.1, -0.05) is 11.8 Å². The Hall–Kier alpha value is -3.46. The maximum atomic E-state index is 12.1. The van der Waals surface area contributed by atoms with Gasteiger partial charge in [-0.2, -0.15) is 0 Å². The maximum Gasteiger partial charge on any atom is 0.252 e. The highest BCUT2D eigenvalue weighted by Gasteiger charge is 2.15. The molecule has 6 heteroatoms. The molecule has 6 nitrogen and oxygen atoms in total. The summed E-state index contributed by atoms with van der Waals surface area (Å²) in [5.41, 5.74) is 2.01. The lowest BCUT2D eigenvalue weighted by atomic mass is 10.2. The fraction of sp³-hybridized carbons (Fsp3) is 0.158. The first kappa shape index (κ1) is 16.4. The van der Waals surface area contributed by atoms with Crippen LogP contribution in [0.3, 0.4) is 0 Å². The number of rotatable bonds is 3. The summed E-state index contributed by atoms with van der Waals surface area (Å²) in [6.07, 6.45) is 0. The summed E-state index contributed by atoms with van der Waals surface area (Å²) in [6.45, 7) is 1.85. The number of ether oxygens (including phenoxy) is 2. The van der Waals surface area contributed by atoms with E-state index in [0.29, 0.717) is 22.7 Å². The zero-order valence-electron chi connectivity index (χ0n) is 13.6. The molecule has 0 saturated carbocycles. The minimum Gasteiger partial charge on any atom is -0.454 e. The van der Waals surface area contributed by atoms with Crippen LogP contribution in [0.4, 0.5) is 5.69 Å². The number of fused-ring (bicyclic) bond motifs is 1. The molecule has 2 aromatic carbocycles. The molecule has 0 saturated heterocycles. The van der Waals surface area contributed by atoms with Gasteiger partial charge < -0.3 is 20.1 Å². The molecule has 2 N–H and O–H groups in total. The lowest BCUT2D eigenvalue weighted by Gasteiger charge is -2.03. The van der Waals surface area contributed by atoms with Gasteiger partial charge in [0.1, 0.15) is 0 Å². The van der Waals surface area contributed by atoms with Gasteiger partial charge in [0.2, 0.25) is 12.7 Å². The van der Waals surface area contributed by atoms with Gasteiger partial charge in [0.15, 0.2) is 11.5 Å². The normalized spacial score (nSPS) is 11.2. The number of nitrogens with one attached hydrogen (secondary N) is 2. The molecule has 0 fully saturated rings. The van der Waals surface area contributed by atoms with Gasteiger partial charge >= 0.3 is 0 Å². The van der Waals surface area contributed by atoms with Crippen molar-refractivity contribution in [1.82, 2.24) is 5.32 Å². The van der Waals surface area contributed by atoms with E-state index in [1.807, 2.05) is 0 Å². The SMILES string of the molecule is CC(=O)Nc1ccc(C#CCNC(=O)c2ccc3c(c2)OCO3)cc1. The van der Waals surface area contributed by atoms with E-state index in [2.05, 4.69) is 22.5 Å². The molecule has 0 aromatic heterocycles. The highest BCUT2D eigenvalue weighted by Crippen LogP contribution is 2.32. The van der Waals surface area contributed by atoms with Gasteiger partial charge in [0.05, 0.1) is 6.54 Å².